The Balaban J connectivity index is 2.05. The number of allylic oxidation sites excluding steroid dienone is 1. The van der Waals surface area contributed by atoms with Crippen LogP contribution < -0.4 is 10.6 Å². The minimum atomic E-state index is -0.422. The molecule has 3 rings (SSSR count). The number of hydrogen-bond acceptors (Lipinski definition) is 8. The molecule has 2 aromatic rings. The van der Waals surface area contributed by atoms with E-state index in [9.17, 15) is 20.6 Å². The van der Waals surface area contributed by atoms with Gasteiger partial charge < -0.3 is 15.7 Å². The largest absolute Gasteiger partial charge is 0.394 e. The smallest absolute Gasteiger partial charge is 0.293 e. The Morgan fingerprint density at radius 1 is 1.45 bits per heavy atom. The lowest BCUT2D eigenvalue weighted by molar-refractivity contribution is -0.384. The summed E-state index contributed by atoms with van der Waals surface area (Å²) in [5, 5.41) is 44.2. The summed E-state index contributed by atoms with van der Waals surface area (Å²) in [4.78, 5) is 13.4. The zero-order valence-electron chi connectivity index (χ0n) is 17.2. The molecule has 10 heteroatoms. The quantitative estimate of drug-likeness (QED) is 0.409. The average Bonchev–Trinajstić information content (AvgIpc) is 3.07. The number of hydrogen-bond donors (Lipinski definition) is 2. The van der Waals surface area contributed by atoms with Crippen molar-refractivity contribution in [3.05, 3.63) is 45.1 Å². The van der Waals surface area contributed by atoms with Crippen LogP contribution in [0.15, 0.2) is 18.2 Å². The van der Waals surface area contributed by atoms with Crippen LogP contribution in [0.2, 0.25) is 0 Å². The molecule has 0 radical (unpaired) electrons. The van der Waals surface area contributed by atoms with Crippen molar-refractivity contribution < 1.29 is 10.0 Å². The van der Waals surface area contributed by atoms with Crippen LogP contribution in [0, 0.1) is 32.8 Å². The molecule has 1 aliphatic rings. The van der Waals surface area contributed by atoms with Crippen molar-refractivity contribution in [3.63, 3.8) is 0 Å². The number of rotatable bonds is 6. The van der Waals surface area contributed by atoms with Crippen LogP contribution in [0.5, 0.6) is 0 Å². The Kier molecular flexibility index (Phi) is 6.53. The minimum absolute atomic E-state index is 0.0227. The van der Waals surface area contributed by atoms with E-state index in [2.05, 4.69) is 12.0 Å². The zero-order valence-corrected chi connectivity index (χ0v) is 17.2. The van der Waals surface area contributed by atoms with Gasteiger partial charge in [0, 0.05) is 18.7 Å². The molecule has 1 aromatic carbocycles. The number of aliphatic hydroxyl groups excluding tert-OH is 1. The molecule has 1 fully saturated rings. The molecule has 160 valence electrons. The van der Waals surface area contributed by atoms with Gasteiger partial charge in [0.15, 0.2) is 0 Å². The number of nitro benzene ring substituents is 1. The van der Waals surface area contributed by atoms with Gasteiger partial charge in [-0.15, -0.1) is 0 Å². The minimum Gasteiger partial charge on any atom is -0.394 e. The number of aromatic nitrogens is 2. The van der Waals surface area contributed by atoms with Crippen LogP contribution >= 0.6 is 0 Å². The van der Waals surface area contributed by atoms with Crippen molar-refractivity contribution in [2.24, 2.45) is 0 Å². The normalized spacial score (nSPS) is 16.6. The second-order valence-electron chi connectivity index (χ2n) is 7.38. The van der Waals surface area contributed by atoms with Crippen molar-refractivity contribution in [1.29, 1.82) is 10.5 Å². The van der Waals surface area contributed by atoms with Gasteiger partial charge in [-0.25, -0.2) is 4.68 Å². The fraction of sp³-hybridized carbons (Fsp3) is 0.381. The first-order chi connectivity index (χ1) is 14.9. The number of anilines is 2. The molecule has 31 heavy (non-hydrogen) atoms. The maximum absolute atomic E-state index is 11.8. The number of nitro groups is 1. The highest BCUT2D eigenvalue weighted by atomic mass is 16.6. The third kappa shape index (κ3) is 4.34. The molecule has 0 aliphatic carbocycles. The summed E-state index contributed by atoms with van der Waals surface area (Å²) in [6.07, 6.45) is 4.51. The third-order valence-corrected chi connectivity index (χ3v) is 5.41. The standard InChI is InChI=1S/C21H23N7O3/c1-14-4-2-3-7-26(14)18-6-5-15(11-19(18)28(30)31)10-16(12-22)20-17(13-23)21(24)27(25-20)8-9-29/h5-6,10-11,14,29H,2-4,7-9,24H2,1H3/b16-10+/t14-/m1/s1. The van der Waals surface area contributed by atoms with E-state index < -0.39 is 4.92 Å². The fourth-order valence-electron chi connectivity index (χ4n) is 3.83. The Morgan fingerprint density at radius 2 is 2.23 bits per heavy atom. The maximum atomic E-state index is 11.8. The van der Waals surface area contributed by atoms with Gasteiger partial charge in [0.2, 0.25) is 0 Å². The third-order valence-electron chi connectivity index (χ3n) is 5.41. The first kappa shape index (κ1) is 21.8. The van der Waals surface area contributed by atoms with Gasteiger partial charge in [-0.05, 0) is 43.9 Å². The molecular formula is C21H23N7O3. The molecular weight excluding hydrogens is 398 g/mol. The van der Waals surface area contributed by atoms with E-state index in [1.807, 2.05) is 17.0 Å². The van der Waals surface area contributed by atoms with E-state index in [4.69, 9.17) is 10.8 Å². The topological polar surface area (TPSA) is 158 Å². The maximum Gasteiger partial charge on any atom is 0.293 e. The van der Waals surface area contributed by atoms with E-state index in [0.717, 1.165) is 25.8 Å². The lowest BCUT2D eigenvalue weighted by atomic mass is 10.0. The summed E-state index contributed by atoms with van der Waals surface area (Å²) in [5.74, 6) is 0.0492. The second kappa shape index (κ2) is 9.28. The number of nitriles is 2. The Bertz CT molecular complexity index is 1110. The average molecular weight is 421 g/mol. The summed E-state index contributed by atoms with van der Waals surface area (Å²) < 4.78 is 1.25. The van der Waals surface area contributed by atoms with E-state index in [1.54, 1.807) is 12.1 Å². The molecule has 0 spiro atoms. The Hall–Kier alpha value is -3.89. The highest BCUT2D eigenvalue weighted by Gasteiger charge is 2.26. The van der Waals surface area contributed by atoms with Gasteiger partial charge in [0.1, 0.15) is 34.9 Å². The zero-order chi connectivity index (χ0) is 22.5. The van der Waals surface area contributed by atoms with Crippen LogP contribution in [-0.2, 0) is 6.54 Å². The number of benzene rings is 1. The molecule has 1 aliphatic heterocycles. The van der Waals surface area contributed by atoms with Crippen molar-refractivity contribution in [3.8, 4) is 12.1 Å². The Morgan fingerprint density at radius 3 is 2.84 bits per heavy atom. The molecule has 1 saturated heterocycles. The molecule has 1 atom stereocenters. The number of nitrogens with zero attached hydrogens (tertiary/aromatic N) is 6. The highest BCUT2D eigenvalue weighted by Crippen LogP contribution is 2.35. The van der Waals surface area contributed by atoms with Gasteiger partial charge >= 0.3 is 0 Å². The summed E-state index contributed by atoms with van der Waals surface area (Å²) >= 11 is 0. The van der Waals surface area contributed by atoms with Gasteiger partial charge in [-0.3, -0.25) is 10.1 Å². The van der Waals surface area contributed by atoms with Gasteiger partial charge in [-0.2, -0.15) is 15.6 Å². The molecule has 10 nitrogen and oxygen atoms in total. The highest BCUT2D eigenvalue weighted by molar-refractivity contribution is 5.92. The van der Waals surface area contributed by atoms with Crippen molar-refractivity contribution in [2.75, 3.05) is 23.8 Å². The monoisotopic (exact) mass is 421 g/mol. The second-order valence-corrected chi connectivity index (χ2v) is 7.38. The number of piperidine rings is 1. The molecule has 0 bridgehead atoms. The van der Waals surface area contributed by atoms with Gasteiger partial charge in [0.25, 0.3) is 5.69 Å². The number of nitrogen functional groups attached to an aromatic ring is 1. The summed E-state index contributed by atoms with van der Waals surface area (Å²) in [6, 6.07) is 8.97. The Labute approximate surface area is 179 Å². The number of nitrogens with two attached hydrogens (primary N) is 1. The molecule has 1 aromatic heterocycles. The van der Waals surface area contributed by atoms with E-state index in [-0.39, 0.29) is 47.5 Å². The van der Waals surface area contributed by atoms with Crippen LogP contribution in [0.25, 0.3) is 11.6 Å². The van der Waals surface area contributed by atoms with Crippen molar-refractivity contribution >= 4 is 28.8 Å². The van der Waals surface area contributed by atoms with Crippen molar-refractivity contribution in [2.45, 2.75) is 38.8 Å². The van der Waals surface area contributed by atoms with Crippen LogP contribution in [0.4, 0.5) is 17.2 Å². The van der Waals surface area contributed by atoms with E-state index in [0.29, 0.717) is 11.3 Å². The molecule has 0 unspecified atom stereocenters. The first-order valence-electron chi connectivity index (χ1n) is 9.95. The molecule has 0 saturated carbocycles. The van der Waals surface area contributed by atoms with E-state index >= 15 is 0 Å². The lowest BCUT2D eigenvalue weighted by Crippen LogP contribution is -2.37. The molecule has 2 heterocycles. The summed E-state index contributed by atoms with van der Waals surface area (Å²) in [7, 11) is 0. The predicted octanol–water partition coefficient (Wildman–Crippen LogP) is 2.68. The van der Waals surface area contributed by atoms with Crippen LogP contribution in [0.1, 0.15) is 43.0 Å². The molecule has 0 amide bonds. The van der Waals surface area contributed by atoms with Gasteiger partial charge in [-0.1, -0.05) is 6.07 Å². The van der Waals surface area contributed by atoms with E-state index in [1.165, 1.54) is 16.8 Å². The molecule has 3 N–H and O–H groups in total. The predicted molar refractivity (Wildman–Crippen MR) is 116 cm³/mol. The lowest BCUT2D eigenvalue weighted by Gasteiger charge is -2.35. The fourth-order valence-corrected chi connectivity index (χ4v) is 3.83. The van der Waals surface area contributed by atoms with Crippen molar-refractivity contribution in [1.82, 2.24) is 9.78 Å². The van der Waals surface area contributed by atoms with Gasteiger partial charge in [0.05, 0.1) is 23.6 Å². The number of aliphatic hydroxyl groups is 1. The SMILES string of the molecule is C[C@@H]1CCCCN1c1ccc(/C=C(\C#N)c2nn(CCO)c(N)c2C#N)cc1[N+](=O)[O-]. The summed E-state index contributed by atoms with van der Waals surface area (Å²) in [5.41, 5.74) is 7.01. The summed E-state index contributed by atoms with van der Waals surface area (Å²) in [6.45, 7) is 2.66. The first-order valence-corrected chi connectivity index (χ1v) is 9.95. The van der Waals surface area contributed by atoms with Crippen LogP contribution in [-0.4, -0.2) is 39.0 Å². The van der Waals surface area contributed by atoms with Crippen LogP contribution in [0.3, 0.4) is 0 Å².